The maximum absolute atomic E-state index is 12.6. The van der Waals surface area contributed by atoms with Crippen molar-refractivity contribution in [2.45, 2.75) is 51.7 Å². The summed E-state index contributed by atoms with van der Waals surface area (Å²) >= 11 is 0. The van der Waals surface area contributed by atoms with Gasteiger partial charge in [0.1, 0.15) is 11.2 Å². The number of fused-ring (bicyclic) bond motifs is 1. The lowest BCUT2D eigenvalue weighted by molar-refractivity contribution is 0.0106. The summed E-state index contributed by atoms with van der Waals surface area (Å²) in [5, 5.41) is 0. The van der Waals surface area contributed by atoms with Crippen LogP contribution in [-0.4, -0.2) is 51.2 Å². The summed E-state index contributed by atoms with van der Waals surface area (Å²) in [6.07, 6.45) is 3.59. The van der Waals surface area contributed by atoms with Crippen molar-refractivity contribution in [3.63, 3.8) is 0 Å². The zero-order valence-electron chi connectivity index (χ0n) is 16.4. The Bertz CT molecular complexity index is 956. The van der Waals surface area contributed by atoms with Crippen molar-refractivity contribution in [1.82, 2.24) is 14.3 Å². The number of piperazine rings is 1. The lowest BCUT2D eigenvalue weighted by Crippen LogP contribution is -2.58. The number of amides is 1. The molecule has 1 saturated carbocycles. The molecule has 1 aliphatic heterocycles. The summed E-state index contributed by atoms with van der Waals surface area (Å²) in [6, 6.07) is 5.42. The van der Waals surface area contributed by atoms with E-state index in [9.17, 15) is 9.59 Å². The number of nitrogens with zero attached hydrogens (tertiary/aromatic N) is 4. The average molecular weight is 370 g/mol. The molecule has 7 nitrogen and oxygen atoms in total. The predicted molar refractivity (Wildman–Crippen MR) is 103 cm³/mol. The molecule has 0 aromatic carbocycles. The molecule has 1 amide bonds. The fourth-order valence-electron chi connectivity index (χ4n) is 3.77. The molecule has 0 radical (unpaired) electrons. The molecule has 7 heteroatoms. The standard InChI is InChI=1S/C20H26N4O3/c1-14-11-17(25)23-12-15(5-6-16(23)21-14)22-9-10-24(20(13-22)7-8-20)18(26)27-19(2,3)4/h5-6,11-12H,7-10,13H2,1-4H3. The highest BCUT2D eigenvalue weighted by molar-refractivity contribution is 5.71. The smallest absolute Gasteiger partial charge is 0.410 e. The van der Waals surface area contributed by atoms with Crippen molar-refractivity contribution in [1.29, 1.82) is 0 Å². The Kier molecular flexibility index (Phi) is 3.94. The van der Waals surface area contributed by atoms with E-state index in [0.717, 1.165) is 30.8 Å². The van der Waals surface area contributed by atoms with E-state index in [-0.39, 0.29) is 17.2 Å². The van der Waals surface area contributed by atoms with Gasteiger partial charge in [-0.2, -0.15) is 0 Å². The van der Waals surface area contributed by atoms with Gasteiger partial charge in [0.25, 0.3) is 5.56 Å². The van der Waals surface area contributed by atoms with Gasteiger partial charge in [-0.3, -0.25) is 14.1 Å². The second kappa shape index (κ2) is 5.97. The Balaban J connectivity index is 1.57. The van der Waals surface area contributed by atoms with E-state index < -0.39 is 5.60 Å². The van der Waals surface area contributed by atoms with E-state index in [1.807, 2.05) is 50.9 Å². The van der Waals surface area contributed by atoms with Gasteiger partial charge in [-0.15, -0.1) is 0 Å². The summed E-state index contributed by atoms with van der Waals surface area (Å²) in [7, 11) is 0. The van der Waals surface area contributed by atoms with E-state index in [1.165, 1.54) is 0 Å². The quantitative estimate of drug-likeness (QED) is 0.772. The monoisotopic (exact) mass is 370 g/mol. The number of aromatic nitrogens is 2. The van der Waals surface area contributed by atoms with Crippen molar-refractivity contribution < 1.29 is 9.53 Å². The van der Waals surface area contributed by atoms with Crippen LogP contribution in [0.2, 0.25) is 0 Å². The summed E-state index contributed by atoms with van der Waals surface area (Å²) in [5.74, 6) is 0. The van der Waals surface area contributed by atoms with Crippen molar-refractivity contribution in [3.05, 3.63) is 40.4 Å². The fourth-order valence-corrected chi connectivity index (χ4v) is 3.77. The van der Waals surface area contributed by atoms with Crippen molar-refractivity contribution in [2.24, 2.45) is 0 Å². The van der Waals surface area contributed by atoms with Crippen LogP contribution >= 0.6 is 0 Å². The third-order valence-electron chi connectivity index (χ3n) is 5.23. The summed E-state index contributed by atoms with van der Waals surface area (Å²) in [4.78, 5) is 33.4. The maximum atomic E-state index is 12.6. The molecule has 2 aromatic rings. The van der Waals surface area contributed by atoms with Gasteiger partial charge < -0.3 is 9.64 Å². The SMILES string of the molecule is Cc1cc(=O)n2cc(N3CCN(C(=O)OC(C)(C)C)C4(CC4)C3)ccc2n1. The van der Waals surface area contributed by atoms with Gasteiger partial charge >= 0.3 is 6.09 Å². The largest absolute Gasteiger partial charge is 0.444 e. The Morgan fingerprint density at radius 2 is 1.96 bits per heavy atom. The molecule has 2 aromatic heterocycles. The zero-order valence-corrected chi connectivity index (χ0v) is 16.4. The van der Waals surface area contributed by atoms with Gasteiger partial charge in [0, 0.05) is 37.6 Å². The number of rotatable bonds is 1. The van der Waals surface area contributed by atoms with Crippen LogP contribution in [0.3, 0.4) is 0 Å². The average Bonchev–Trinajstić information content (AvgIpc) is 3.32. The Morgan fingerprint density at radius 1 is 1.22 bits per heavy atom. The molecule has 0 atom stereocenters. The molecule has 0 N–H and O–H groups in total. The fraction of sp³-hybridized carbons (Fsp3) is 0.550. The normalized spacial score (nSPS) is 18.8. The number of hydrogen-bond donors (Lipinski definition) is 0. The Labute approximate surface area is 158 Å². The molecule has 1 spiro atoms. The Hall–Kier alpha value is -2.57. The van der Waals surface area contributed by atoms with Crippen LogP contribution < -0.4 is 10.5 Å². The van der Waals surface area contributed by atoms with E-state index in [1.54, 1.807) is 10.5 Å². The number of carbonyl (C=O) groups is 1. The number of ether oxygens (including phenoxy) is 1. The van der Waals surface area contributed by atoms with E-state index in [2.05, 4.69) is 9.88 Å². The van der Waals surface area contributed by atoms with Gasteiger partial charge in [0.2, 0.25) is 0 Å². The molecule has 2 aliphatic rings. The molecule has 1 aliphatic carbocycles. The number of carbonyl (C=O) groups excluding carboxylic acids is 1. The van der Waals surface area contributed by atoms with Crippen LogP contribution in [0.4, 0.5) is 10.5 Å². The van der Waals surface area contributed by atoms with Crippen LogP contribution in [0.25, 0.3) is 5.65 Å². The lowest BCUT2D eigenvalue weighted by atomic mass is 10.1. The highest BCUT2D eigenvalue weighted by atomic mass is 16.6. The predicted octanol–water partition coefficient (Wildman–Crippen LogP) is 2.59. The van der Waals surface area contributed by atoms with Crippen molar-refractivity contribution in [2.75, 3.05) is 24.5 Å². The molecule has 0 unspecified atom stereocenters. The first-order valence-corrected chi connectivity index (χ1v) is 9.43. The van der Waals surface area contributed by atoms with Crippen molar-refractivity contribution >= 4 is 17.4 Å². The molecule has 0 bridgehead atoms. The second-order valence-electron chi connectivity index (χ2n) is 8.63. The molecule has 3 heterocycles. The number of pyridine rings is 1. The van der Waals surface area contributed by atoms with Gasteiger partial charge in [-0.05, 0) is 52.7 Å². The van der Waals surface area contributed by atoms with E-state index in [0.29, 0.717) is 18.7 Å². The minimum atomic E-state index is -0.491. The van der Waals surface area contributed by atoms with Gasteiger partial charge in [-0.25, -0.2) is 9.78 Å². The summed E-state index contributed by atoms with van der Waals surface area (Å²) in [6.45, 7) is 9.58. The molecule has 4 rings (SSSR count). The third kappa shape index (κ3) is 3.38. The van der Waals surface area contributed by atoms with Crippen LogP contribution in [0.1, 0.15) is 39.3 Å². The van der Waals surface area contributed by atoms with Crippen molar-refractivity contribution in [3.8, 4) is 0 Å². The number of aryl methyl sites for hydroxylation is 1. The second-order valence-corrected chi connectivity index (χ2v) is 8.63. The molecule has 1 saturated heterocycles. The van der Waals surface area contributed by atoms with Gasteiger partial charge in [-0.1, -0.05) is 0 Å². The highest BCUT2D eigenvalue weighted by Gasteiger charge is 2.54. The summed E-state index contributed by atoms with van der Waals surface area (Å²) < 4.78 is 7.18. The minimum absolute atomic E-state index is 0.0760. The Morgan fingerprint density at radius 3 is 2.63 bits per heavy atom. The van der Waals surface area contributed by atoms with Gasteiger partial charge in [0.05, 0.1) is 11.2 Å². The minimum Gasteiger partial charge on any atom is -0.444 e. The molecule has 144 valence electrons. The number of hydrogen-bond acceptors (Lipinski definition) is 5. The number of anilines is 1. The highest BCUT2D eigenvalue weighted by Crippen LogP contribution is 2.45. The first-order chi connectivity index (χ1) is 12.7. The lowest BCUT2D eigenvalue weighted by Gasteiger charge is -2.43. The third-order valence-corrected chi connectivity index (χ3v) is 5.23. The summed E-state index contributed by atoms with van der Waals surface area (Å²) in [5.41, 5.74) is 1.63. The molecular formula is C20H26N4O3. The van der Waals surface area contributed by atoms with Crippen LogP contribution in [0.5, 0.6) is 0 Å². The maximum Gasteiger partial charge on any atom is 0.410 e. The van der Waals surface area contributed by atoms with E-state index in [4.69, 9.17) is 4.74 Å². The topological polar surface area (TPSA) is 67.2 Å². The van der Waals surface area contributed by atoms with Crippen LogP contribution in [-0.2, 0) is 4.74 Å². The van der Waals surface area contributed by atoms with Gasteiger partial charge in [0.15, 0.2) is 0 Å². The first kappa shape index (κ1) is 17.8. The zero-order chi connectivity index (χ0) is 19.4. The van der Waals surface area contributed by atoms with E-state index >= 15 is 0 Å². The molecular weight excluding hydrogens is 344 g/mol. The van der Waals surface area contributed by atoms with Crippen LogP contribution in [0, 0.1) is 6.92 Å². The molecule has 2 fully saturated rings. The van der Waals surface area contributed by atoms with Crippen LogP contribution in [0.15, 0.2) is 29.2 Å². The molecule has 27 heavy (non-hydrogen) atoms. The first-order valence-electron chi connectivity index (χ1n) is 9.43.